The van der Waals surface area contributed by atoms with E-state index in [9.17, 15) is 0 Å². The van der Waals surface area contributed by atoms with Gasteiger partial charge < -0.3 is 10.2 Å². The Morgan fingerprint density at radius 1 is 1.28 bits per heavy atom. The monoisotopic (exact) mass is 246 g/mol. The fourth-order valence-electron chi connectivity index (χ4n) is 3.04. The number of fused-ring (bicyclic) bond motifs is 1. The second-order valence-corrected chi connectivity index (χ2v) is 5.82. The molecular weight excluding hydrogens is 220 g/mol. The molecule has 0 bridgehead atoms. The van der Waals surface area contributed by atoms with Crippen molar-refractivity contribution in [2.24, 2.45) is 5.92 Å². The number of rotatable bonds is 6. The minimum atomic E-state index is 0.703. The van der Waals surface area contributed by atoms with E-state index in [2.05, 4.69) is 42.4 Å². The number of aryl methyl sites for hydroxylation is 2. The normalized spacial score (nSPS) is 16.0. The SMILES string of the molecule is CNCC(C)CN(C)Cc1ccc2c(c1)CCC2. The van der Waals surface area contributed by atoms with Gasteiger partial charge in [-0.15, -0.1) is 0 Å². The lowest BCUT2D eigenvalue weighted by molar-refractivity contribution is 0.276. The largest absolute Gasteiger partial charge is 0.319 e. The fraction of sp³-hybridized carbons (Fsp3) is 0.625. The molecular formula is C16H26N2. The van der Waals surface area contributed by atoms with Crippen LogP contribution in [0.15, 0.2) is 18.2 Å². The predicted octanol–water partition coefficient (Wildman–Crippen LogP) is 2.46. The van der Waals surface area contributed by atoms with Crippen LogP contribution in [0.4, 0.5) is 0 Å². The van der Waals surface area contributed by atoms with Crippen molar-refractivity contribution in [3.63, 3.8) is 0 Å². The van der Waals surface area contributed by atoms with Crippen LogP contribution in [-0.2, 0) is 19.4 Å². The van der Waals surface area contributed by atoms with Gasteiger partial charge in [0, 0.05) is 13.1 Å². The van der Waals surface area contributed by atoms with Gasteiger partial charge in [0.2, 0.25) is 0 Å². The van der Waals surface area contributed by atoms with E-state index in [1.807, 2.05) is 7.05 Å². The van der Waals surface area contributed by atoms with Gasteiger partial charge >= 0.3 is 0 Å². The molecule has 1 aromatic rings. The van der Waals surface area contributed by atoms with Gasteiger partial charge in [-0.05, 0) is 62.5 Å². The molecule has 2 rings (SSSR count). The summed E-state index contributed by atoms with van der Waals surface area (Å²) in [5.74, 6) is 0.703. The number of hydrogen-bond acceptors (Lipinski definition) is 2. The van der Waals surface area contributed by atoms with Crippen LogP contribution in [0.5, 0.6) is 0 Å². The molecule has 1 N–H and O–H groups in total. The lowest BCUT2D eigenvalue weighted by atomic mass is 10.1. The first-order valence-electron chi connectivity index (χ1n) is 7.13. The van der Waals surface area contributed by atoms with Crippen molar-refractivity contribution < 1.29 is 0 Å². The van der Waals surface area contributed by atoms with Crippen LogP contribution in [0.3, 0.4) is 0 Å². The van der Waals surface area contributed by atoms with Crippen molar-refractivity contribution in [1.82, 2.24) is 10.2 Å². The van der Waals surface area contributed by atoms with Gasteiger partial charge in [-0.3, -0.25) is 0 Å². The predicted molar refractivity (Wildman–Crippen MR) is 77.9 cm³/mol. The Kier molecular flexibility index (Phi) is 4.79. The molecule has 0 saturated heterocycles. The summed E-state index contributed by atoms with van der Waals surface area (Å²) in [7, 11) is 4.25. The van der Waals surface area contributed by atoms with Crippen LogP contribution < -0.4 is 5.32 Å². The molecule has 0 amide bonds. The molecule has 1 atom stereocenters. The molecule has 1 aliphatic carbocycles. The van der Waals surface area contributed by atoms with Gasteiger partial charge in [-0.2, -0.15) is 0 Å². The maximum absolute atomic E-state index is 3.24. The molecule has 0 aliphatic heterocycles. The first kappa shape index (κ1) is 13.6. The summed E-state index contributed by atoms with van der Waals surface area (Å²) in [6.45, 7) is 5.61. The molecule has 100 valence electrons. The number of hydrogen-bond donors (Lipinski definition) is 1. The van der Waals surface area contributed by atoms with Crippen molar-refractivity contribution in [1.29, 1.82) is 0 Å². The Hall–Kier alpha value is -0.860. The molecule has 0 aromatic heterocycles. The number of nitrogens with zero attached hydrogens (tertiary/aromatic N) is 1. The first-order valence-corrected chi connectivity index (χ1v) is 7.13. The summed E-state index contributed by atoms with van der Waals surface area (Å²) in [5, 5.41) is 3.24. The Balaban J connectivity index is 1.89. The van der Waals surface area contributed by atoms with Gasteiger partial charge in [-0.25, -0.2) is 0 Å². The van der Waals surface area contributed by atoms with Gasteiger partial charge in [-0.1, -0.05) is 25.1 Å². The molecule has 2 nitrogen and oxygen atoms in total. The van der Waals surface area contributed by atoms with Crippen molar-refractivity contribution >= 4 is 0 Å². The van der Waals surface area contributed by atoms with Crippen molar-refractivity contribution in [3.05, 3.63) is 34.9 Å². The van der Waals surface area contributed by atoms with E-state index in [4.69, 9.17) is 0 Å². The molecule has 0 radical (unpaired) electrons. The highest BCUT2D eigenvalue weighted by Crippen LogP contribution is 2.23. The van der Waals surface area contributed by atoms with Crippen LogP contribution >= 0.6 is 0 Å². The van der Waals surface area contributed by atoms with Gasteiger partial charge in [0.25, 0.3) is 0 Å². The molecule has 0 heterocycles. The highest BCUT2D eigenvalue weighted by molar-refractivity contribution is 5.35. The Morgan fingerprint density at radius 3 is 2.83 bits per heavy atom. The second-order valence-electron chi connectivity index (χ2n) is 5.82. The zero-order valence-corrected chi connectivity index (χ0v) is 12.0. The summed E-state index contributed by atoms with van der Waals surface area (Å²) < 4.78 is 0. The summed E-state index contributed by atoms with van der Waals surface area (Å²) >= 11 is 0. The number of benzene rings is 1. The van der Waals surface area contributed by atoms with Crippen LogP contribution in [0, 0.1) is 5.92 Å². The van der Waals surface area contributed by atoms with E-state index in [1.54, 1.807) is 11.1 Å². The second kappa shape index (κ2) is 6.35. The van der Waals surface area contributed by atoms with Crippen LogP contribution in [0.1, 0.15) is 30.0 Å². The Labute approximate surface area is 111 Å². The quantitative estimate of drug-likeness (QED) is 0.829. The molecule has 2 heteroatoms. The Bertz CT molecular complexity index is 387. The summed E-state index contributed by atoms with van der Waals surface area (Å²) in [5.41, 5.74) is 4.63. The van der Waals surface area contributed by atoms with Crippen LogP contribution in [0.25, 0.3) is 0 Å². The molecule has 1 unspecified atom stereocenters. The number of nitrogens with one attached hydrogen (secondary N) is 1. The molecule has 0 spiro atoms. The van der Waals surface area contributed by atoms with E-state index in [-0.39, 0.29) is 0 Å². The van der Waals surface area contributed by atoms with E-state index in [0.29, 0.717) is 5.92 Å². The van der Waals surface area contributed by atoms with Crippen LogP contribution in [-0.4, -0.2) is 32.1 Å². The van der Waals surface area contributed by atoms with Crippen molar-refractivity contribution in [3.8, 4) is 0 Å². The summed E-state index contributed by atoms with van der Waals surface area (Å²) in [6, 6.07) is 7.06. The summed E-state index contributed by atoms with van der Waals surface area (Å²) in [6.07, 6.45) is 3.90. The zero-order valence-electron chi connectivity index (χ0n) is 12.0. The average Bonchev–Trinajstić information content (AvgIpc) is 2.76. The van der Waals surface area contributed by atoms with Crippen molar-refractivity contribution in [2.75, 3.05) is 27.2 Å². The van der Waals surface area contributed by atoms with Gasteiger partial charge in [0.1, 0.15) is 0 Å². The smallest absolute Gasteiger partial charge is 0.0230 e. The molecule has 0 saturated carbocycles. The maximum atomic E-state index is 3.24. The topological polar surface area (TPSA) is 15.3 Å². The minimum Gasteiger partial charge on any atom is -0.319 e. The van der Waals surface area contributed by atoms with E-state index < -0.39 is 0 Å². The highest BCUT2D eigenvalue weighted by atomic mass is 15.1. The maximum Gasteiger partial charge on any atom is 0.0230 e. The lowest BCUT2D eigenvalue weighted by Crippen LogP contribution is -2.29. The first-order chi connectivity index (χ1) is 8.69. The van der Waals surface area contributed by atoms with Gasteiger partial charge in [0.05, 0.1) is 0 Å². The minimum absolute atomic E-state index is 0.703. The molecule has 1 aromatic carbocycles. The lowest BCUT2D eigenvalue weighted by Gasteiger charge is -2.21. The third-order valence-corrected chi connectivity index (χ3v) is 3.79. The highest BCUT2D eigenvalue weighted by Gasteiger charge is 2.12. The van der Waals surface area contributed by atoms with E-state index in [0.717, 1.165) is 19.6 Å². The molecule has 0 fully saturated rings. The zero-order chi connectivity index (χ0) is 13.0. The molecule has 1 aliphatic rings. The van der Waals surface area contributed by atoms with E-state index >= 15 is 0 Å². The van der Waals surface area contributed by atoms with E-state index in [1.165, 1.54) is 24.8 Å². The standard InChI is InChI=1S/C16H26N2/c1-13(10-17-2)11-18(3)12-14-7-8-15-5-4-6-16(15)9-14/h7-9,13,17H,4-6,10-12H2,1-3H3. The fourth-order valence-corrected chi connectivity index (χ4v) is 3.04. The third kappa shape index (κ3) is 3.56. The Morgan fingerprint density at radius 2 is 2.06 bits per heavy atom. The summed E-state index contributed by atoms with van der Waals surface area (Å²) in [4.78, 5) is 2.43. The van der Waals surface area contributed by atoms with Crippen molar-refractivity contribution in [2.45, 2.75) is 32.7 Å². The molecule has 18 heavy (non-hydrogen) atoms. The van der Waals surface area contributed by atoms with Gasteiger partial charge in [0.15, 0.2) is 0 Å². The third-order valence-electron chi connectivity index (χ3n) is 3.79. The average molecular weight is 246 g/mol. The van der Waals surface area contributed by atoms with Crippen LogP contribution in [0.2, 0.25) is 0 Å².